The van der Waals surface area contributed by atoms with Crippen LogP contribution in [0.25, 0.3) is 0 Å². The minimum Gasteiger partial charge on any atom is -0.394 e. The molecule has 0 rings (SSSR count). The topological polar surface area (TPSA) is 49.7 Å². The predicted molar refractivity (Wildman–Crippen MR) is 38.8 cm³/mol. The molecule has 0 radical (unpaired) electrons. The van der Waals surface area contributed by atoms with Crippen LogP contribution in [-0.2, 0) is 4.74 Å². The normalized spacial score (nSPS) is 16.8. The fourth-order valence-corrected chi connectivity index (χ4v) is 0.802. The number of hydrogen-bond acceptors (Lipinski definition) is 3. The quantitative estimate of drug-likeness (QED) is 0.583. The summed E-state index contributed by atoms with van der Waals surface area (Å²) in [5, 5.41) is 17.4. The van der Waals surface area contributed by atoms with Crippen LogP contribution in [0.2, 0.25) is 0 Å². The summed E-state index contributed by atoms with van der Waals surface area (Å²) in [5.74, 6) is 0. The Morgan fingerprint density at radius 3 is 2.40 bits per heavy atom. The summed E-state index contributed by atoms with van der Waals surface area (Å²) < 4.78 is 5.10. The van der Waals surface area contributed by atoms with Gasteiger partial charge in [-0.25, -0.2) is 0 Å². The van der Waals surface area contributed by atoms with Crippen molar-refractivity contribution in [1.29, 1.82) is 0 Å². The second kappa shape index (κ2) is 5.65. The van der Waals surface area contributed by atoms with Gasteiger partial charge in [0, 0.05) is 0 Å². The number of ether oxygens (including phenoxy) is 1. The first-order chi connectivity index (χ1) is 4.72. The van der Waals surface area contributed by atoms with Crippen molar-refractivity contribution in [3.05, 3.63) is 0 Å². The molecule has 0 aliphatic heterocycles. The van der Waals surface area contributed by atoms with Crippen molar-refractivity contribution in [1.82, 2.24) is 0 Å². The highest BCUT2D eigenvalue weighted by atomic mass is 16.5. The third-order valence-electron chi connectivity index (χ3n) is 1.36. The molecule has 3 nitrogen and oxygen atoms in total. The van der Waals surface area contributed by atoms with Gasteiger partial charge in [0.2, 0.25) is 0 Å². The third kappa shape index (κ3) is 3.82. The van der Waals surface area contributed by atoms with E-state index in [0.717, 1.165) is 6.42 Å². The van der Waals surface area contributed by atoms with Gasteiger partial charge >= 0.3 is 0 Å². The lowest BCUT2D eigenvalue weighted by Gasteiger charge is -2.17. The Hall–Kier alpha value is -0.120. The van der Waals surface area contributed by atoms with Gasteiger partial charge in [-0.1, -0.05) is 6.92 Å². The van der Waals surface area contributed by atoms with E-state index in [1.807, 2.05) is 6.92 Å². The van der Waals surface area contributed by atoms with Crippen molar-refractivity contribution in [2.45, 2.75) is 32.5 Å². The van der Waals surface area contributed by atoms with Gasteiger partial charge in [-0.15, -0.1) is 0 Å². The van der Waals surface area contributed by atoms with E-state index in [4.69, 9.17) is 14.9 Å². The van der Waals surface area contributed by atoms with Crippen LogP contribution in [0, 0.1) is 0 Å². The maximum Gasteiger partial charge on any atom is 0.0829 e. The van der Waals surface area contributed by atoms with Gasteiger partial charge in [0.1, 0.15) is 0 Å². The lowest BCUT2D eigenvalue weighted by molar-refractivity contribution is -0.0415. The van der Waals surface area contributed by atoms with Gasteiger partial charge in [-0.2, -0.15) is 0 Å². The van der Waals surface area contributed by atoms with E-state index in [0.29, 0.717) is 6.61 Å². The molecule has 0 saturated carbocycles. The minimum absolute atomic E-state index is 0.0171. The zero-order valence-electron chi connectivity index (χ0n) is 6.58. The van der Waals surface area contributed by atoms with Crippen molar-refractivity contribution < 1.29 is 14.9 Å². The summed E-state index contributed by atoms with van der Waals surface area (Å²) in [5.41, 5.74) is 0. The zero-order valence-corrected chi connectivity index (χ0v) is 6.58. The molecule has 0 spiro atoms. The molecule has 2 N–H and O–H groups in total. The third-order valence-corrected chi connectivity index (χ3v) is 1.36. The fourth-order valence-electron chi connectivity index (χ4n) is 0.802. The Labute approximate surface area is 61.6 Å². The number of hydrogen-bond donors (Lipinski definition) is 2. The van der Waals surface area contributed by atoms with Crippen LogP contribution in [0.1, 0.15) is 20.3 Å². The van der Waals surface area contributed by atoms with E-state index >= 15 is 0 Å². The first-order valence-corrected chi connectivity index (χ1v) is 3.62. The minimum atomic E-state index is -0.448. The Balaban J connectivity index is 3.40. The van der Waals surface area contributed by atoms with E-state index < -0.39 is 6.10 Å². The Bertz CT molecular complexity index is 73.3. The lowest BCUT2D eigenvalue weighted by atomic mass is 10.2. The monoisotopic (exact) mass is 148 g/mol. The molecule has 0 heterocycles. The summed E-state index contributed by atoms with van der Waals surface area (Å²) in [6.45, 7) is 3.95. The lowest BCUT2D eigenvalue weighted by Crippen LogP contribution is -2.26. The molecule has 0 aliphatic carbocycles. The van der Waals surface area contributed by atoms with Crippen LogP contribution >= 0.6 is 0 Å². The zero-order chi connectivity index (χ0) is 7.98. The number of rotatable bonds is 5. The highest BCUT2D eigenvalue weighted by Crippen LogP contribution is 2.02. The molecule has 0 aliphatic rings. The molecule has 62 valence electrons. The van der Waals surface area contributed by atoms with Crippen LogP contribution in [0.15, 0.2) is 0 Å². The van der Waals surface area contributed by atoms with Crippen molar-refractivity contribution in [3.63, 3.8) is 0 Å². The van der Waals surface area contributed by atoms with Gasteiger partial charge in [-0.05, 0) is 13.3 Å². The Morgan fingerprint density at radius 2 is 2.10 bits per heavy atom. The van der Waals surface area contributed by atoms with Crippen LogP contribution in [0.3, 0.4) is 0 Å². The first kappa shape index (κ1) is 9.88. The van der Waals surface area contributed by atoms with Gasteiger partial charge in [0.05, 0.1) is 25.4 Å². The second-order valence-corrected chi connectivity index (χ2v) is 2.28. The molecular weight excluding hydrogens is 132 g/mol. The molecule has 2 unspecified atom stereocenters. The van der Waals surface area contributed by atoms with E-state index in [9.17, 15) is 0 Å². The summed E-state index contributed by atoms with van der Waals surface area (Å²) in [6, 6.07) is 0. The number of aliphatic hydroxyl groups is 2. The van der Waals surface area contributed by atoms with Crippen molar-refractivity contribution in [2.75, 3.05) is 13.2 Å². The highest BCUT2D eigenvalue weighted by molar-refractivity contribution is 4.61. The van der Waals surface area contributed by atoms with E-state index in [2.05, 4.69) is 0 Å². The van der Waals surface area contributed by atoms with Crippen LogP contribution in [-0.4, -0.2) is 35.6 Å². The largest absolute Gasteiger partial charge is 0.394 e. The second-order valence-electron chi connectivity index (χ2n) is 2.28. The molecule has 0 amide bonds. The average molecular weight is 148 g/mol. The first-order valence-electron chi connectivity index (χ1n) is 3.62. The fraction of sp³-hybridized carbons (Fsp3) is 1.00. The van der Waals surface area contributed by atoms with Gasteiger partial charge in [0.15, 0.2) is 0 Å². The van der Waals surface area contributed by atoms with Gasteiger partial charge < -0.3 is 14.9 Å². The molecule has 3 heteroatoms. The summed E-state index contributed by atoms with van der Waals surface area (Å²) in [6.07, 6.45) is 0.196. The van der Waals surface area contributed by atoms with Crippen molar-refractivity contribution >= 4 is 0 Å². The molecule has 0 aromatic carbocycles. The van der Waals surface area contributed by atoms with Crippen molar-refractivity contribution in [2.24, 2.45) is 0 Å². The SMILES string of the molecule is CCC(OCCO)C(C)O. The smallest absolute Gasteiger partial charge is 0.0829 e. The Kier molecular flexibility index (Phi) is 5.58. The van der Waals surface area contributed by atoms with Crippen molar-refractivity contribution in [3.8, 4) is 0 Å². The molecule has 0 bridgehead atoms. The standard InChI is InChI=1S/C7H16O3/c1-3-7(6(2)9)10-5-4-8/h6-9H,3-5H2,1-2H3. The molecular formula is C7H16O3. The summed E-state index contributed by atoms with van der Waals surface area (Å²) in [4.78, 5) is 0. The molecule has 2 atom stereocenters. The van der Waals surface area contributed by atoms with Crippen LogP contribution in [0.4, 0.5) is 0 Å². The summed E-state index contributed by atoms with van der Waals surface area (Å²) in [7, 11) is 0. The predicted octanol–water partition coefficient (Wildman–Crippen LogP) is 0.155. The van der Waals surface area contributed by atoms with Crippen LogP contribution in [0.5, 0.6) is 0 Å². The van der Waals surface area contributed by atoms with Gasteiger partial charge in [0.25, 0.3) is 0 Å². The molecule has 0 aromatic heterocycles. The molecule has 0 saturated heterocycles. The highest BCUT2D eigenvalue weighted by Gasteiger charge is 2.11. The van der Waals surface area contributed by atoms with E-state index in [1.165, 1.54) is 0 Å². The van der Waals surface area contributed by atoms with Crippen LogP contribution < -0.4 is 0 Å². The maximum atomic E-state index is 9.03. The molecule has 0 fully saturated rings. The molecule has 10 heavy (non-hydrogen) atoms. The van der Waals surface area contributed by atoms with Gasteiger partial charge in [-0.3, -0.25) is 0 Å². The van der Waals surface area contributed by atoms with E-state index in [-0.39, 0.29) is 12.7 Å². The molecule has 0 aromatic rings. The maximum absolute atomic E-state index is 9.03. The Morgan fingerprint density at radius 1 is 1.50 bits per heavy atom. The average Bonchev–Trinajstić information content (AvgIpc) is 1.89. The van der Waals surface area contributed by atoms with E-state index in [1.54, 1.807) is 6.92 Å². The summed E-state index contributed by atoms with van der Waals surface area (Å²) >= 11 is 0. The number of aliphatic hydroxyl groups excluding tert-OH is 2.